The third kappa shape index (κ3) is 4.68. The number of hydrogen-bond donors (Lipinski definition) is 2. The maximum absolute atomic E-state index is 14.0. The minimum Gasteiger partial charge on any atom is -0.341 e. The van der Waals surface area contributed by atoms with Crippen molar-refractivity contribution in [3.63, 3.8) is 0 Å². The largest absolute Gasteiger partial charge is 0.341 e. The molecule has 1 heterocycles. The Kier molecular flexibility index (Phi) is 5.52. The Bertz CT molecular complexity index is 1330. The van der Waals surface area contributed by atoms with Gasteiger partial charge in [0.1, 0.15) is 16.5 Å². The van der Waals surface area contributed by atoms with Crippen molar-refractivity contribution in [1.82, 2.24) is 14.7 Å². The molecule has 2 N–H and O–H groups in total. The van der Waals surface area contributed by atoms with Gasteiger partial charge in [-0.25, -0.2) is 30.9 Å². The SMILES string of the molecule is CS(=O)(=O)c1ccc(S(=O)(=O)NCc2ncc(-c3cccc(C#N)c3)[nH]2)cc1F. The fraction of sp³-hybridized carbons (Fsp3) is 0.111. The molecular weight excluding hydrogens is 419 g/mol. The number of benzene rings is 2. The van der Waals surface area contributed by atoms with Crippen molar-refractivity contribution < 1.29 is 21.2 Å². The van der Waals surface area contributed by atoms with Crippen LogP contribution in [0.2, 0.25) is 0 Å². The molecule has 0 saturated heterocycles. The molecular formula is C18H15FN4O4S2. The Morgan fingerprint density at radius 3 is 2.59 bits per heavy atom. The number of sulfonamides is 1. The van der Waals surface area contributed by atoms with Crippen molar-refractivity contribution in [2.24, 2.45) is 0 Å². The summed E-state index contributed by atoms with van der Waals surface area (Å²) in [6, 6.07) is 11.4. The van der Waals surface area contributed by atoms with Crippen LogP contribution < -0.4 is 4.72 Å². The highest BCUT2D eigenvalue weighted by Crippen LogP contribution is 2.20. The van der Waals surface area contributed by atoms with Gasteiger partial charge in [-0.1, -0.05) is 12.1 Å². The predicted molar refractivity (Wildman–Crippen MR) is 102 cm³/mol. The molecule has 2 aromatic carbocycles. The second-order valence-electron chi connectivity index (χ2n) is 6.13. The van der Waals surface area contributed by atoms with Gasteiger partial charge in [0.2, 0.25) is 10.0 Å². The van der Waals surface area contributed by atoms with E-state index >= 15 is 0 Å². The van der Waals surface area contributed by atoms with Crippen molar-refractivity contribution in [2.75, 3.05) is 6.26 Å². The average molecular weight is 434 g/mol. The van der Waals surface area contributed by atoms with Gasteiger partial charge in [0, 0.05) is 11.8 Å². The van der Waals surface area contributed by atoms with Gasteiger partial charge in [-0.05, 0) is 30.3 Å². The van der Waals surface area contributed by atoms with Crippen LogP contribution in [-0.2, 0) is 26.4 Å². The number of aromatic nitrogens is 2. The zero-order valence-electron chi connectivity index (χ0n) is 15.0. The Labute approximate surface area is 167 Å². The number of sulfone groups is 1. The number of halogens is 1. The highest BCUT2D eigenvalue weighted by molar-refractivity contribution is 7.90. The molecule has 0 bridgehead atoms. The summed E-state index contributed by atoms with van der Waals surface area (Å²) >= 11 is 0. The smallest absolute Gasteiger partial charge is 0.241 e. The van der Waals surface area contributed by atoms with Crippen molar-refractivity contribution >= 4 is 19.9 Å². The minimum absolute atomic E-state index is 0.199. The molecule has 0 amide bonds. The summed E-state index contributed by atoms with van der Waals surface area (Å²) in [6.45, 7) is -0.199. The molecule has 0 unspecified atom stereocenters. The van der Waals surface area contributed by atoms with E-state index in [4.69, 9.17) is 5.26 Å². The lowest BCUT2D eigenvalue weighted by atomic mass is 10.1. The quantitative estimate of drug-likeness (QED) is 0.609. The number of nitrogens with zero attached hydrogens (tertiary/aromatic N) is 2. The molecule has 11 heteroatoms. The van der Waals surface area contributed by atoms with E-state index in [2.05, 4.69) is 14.7 Å². The molecule has 150 valence electrons. The van der Waals surface area contributed by atoms with Gasteiger partial charge in [-0.2, -0.15) is 5.26 Å². The molecule has 1 aromatic heterocycles. The van der Waals surface area contributed by atoms with E-state index in [1.807, 2.05) is 6.07 Å². The van der Waals surface area contributed by atoms with Crippen LogP contribution in [0.3, 0.4) is 0 Å². The Morgan fingerprint density at radius 1 is 1.17 bits per heavy atom. The molecule has 3 aromatic rings. The van der Waals surface area contributed by atoms with E-state index in [0.717, 1.165) is 18.4 Å². The first-order valence-corrected chi connectivity index (χ1v) is 11.5. The molecule has 8 nitrogen and oxygen atoms in total. The van der Waals surface area contributed by atoms with Gasteiger partial charge in [0.05, 0.1) is 35.0 Å². The summed E-state index contributed by atoms with van der Waals surface area (Å²) in [7, 11) is -7.90. The summed E-state index contributed by atoms with van der Waals surface area (Å²) in [5, 5.41) is 8.96. The molecule has 0 aliphatic rings. The molecule has 0 radical (unpaired) electrons. The molecule has 3 rings (SSSR count). The summed E-state index contributed by atoms with van der Waals surface area (Å²) in [5.74, 6) is -0.841. The Morgan fingerprint density at radius 2 is 1.93 bits per heavy atom. The van der Waals surface area contributed by atoms with Gasteiger partial charge in [-0.3, -0.25) is 0 Å². The van der Waals surface area contributed by atoms with Crippen LogP contribution in [0.1, 0.15) is 11.4 Å². The van der Waals surface area contributed by atoms with Crippen LogP contribution in [-0.4, -0.2) is 33.1 Å². The van der Waals surface area contributed by atoms with Gasteiger partial charge in [-0.15, -0.1) is 0 Å². The summed E-state index contributed by atoms with van der Waals surface area (Å²) < 4.78 is 63.9. The van der Waals surface area contributed by atoms with Crippen LogP contribution >= 0.6 is 0 Å². The van der Waals surface area contributed by atoms with E-state index in [1.54, 1.807) is 24.3 Å². The van der Waals surface area contributed by atoms with Crippen molar-refractivity contribution in [1.29, 1.82) is 5.26 Å². The van der Waals surface area contributed by atoms with Gasteiger partial charge in [0.25, 0.3) is 0 Å². The van der Waals surface area contributed by atoms with Gasteiger partial charge >= 0.3 is 0 Å². The number of hydrogen-bond acceptors (Lipinski definition) is 6. The first kappa shape index (κ1) is 20.7. The zero-order chi connectivity index (χ0) is 21.2. The highest BCUT2D eigenvalue weighted by Gasteiger charge is 2.20. The monoisotopic (exact) mass is 434 g/mol. The number of imidazole rings is 1. The zero-order valence-corrected chi connectivity index (χ0v) is 16.7. The maximum atomic E-state index is 14.0. The normalized spacial score (nSPS) is 11.9. The highest BCUT2D eigenvalue weighted by atomic mass is 32.2. The van der Waals surface area contributed by atoms with Crippen molar-refractivity contribution in [2.45, 2.75) is 16.3 Å². The third-order valence-electron chi connectivity index (χ3n) is 3.97. The van der Waals surface area contributed by atoms with Crippen molar-refractivity contribution in [3.05, 3.63) is 65.9 Å². The summed E-state index contributed by atoms with van der Waals surface area (Å²) in [6.07, 6.45) is 2.33. The van der Waals surface area contributed by atoms with Gasteiger partial charge in [0.15, 0.2) is 9.84 Å². The van der Waals surface area contributed by atoms with E-state index < -0.39 is 35.5 Å². The fourth-order valence-electron chi connectivity index (χ4n) is 2.55. The number of H-pyrrole nitrogens is 1. The second kappa shape index (κ2) is 7.75. The Hall–Kier alpha value is -3.07. The first-order chi connectivity index (χ1) is 13.6. The molecule has 29 heavy (non-hydrogen) atoms. The lowest BCUT2D eigenvalue weighted by Crippen LogP contribution is -2.24. The lowest BCUT2D eigenvalue weighted by Gasteiger charge is -2.07. The molecule has 0 aliphatic heterocycles. The van der Waals surface area contributed by atoms with E-state index in [1.165, 1.54) is 6.20 Å². The molecule has 0 atom stereocenters. The standard InChI is InChI=1S/C18H15FN4O4S2/c1-28(24,25)17-6-5-14(8-15(17)19)29(26,27)22-11-18-21-10-16(23-18)13-4-2-3-12(7-13)9-20/h2-8,10,22H,11H2,1H3,(H,21,23). The van der Waals surface area contributed by atoms with Crippen LogP contribution in [0.4, 0.5) is 4.39 Å². The first-order valence-electron chi connectivity index (χ1n) is 8.14. The number of aromatic amines is 1. The maximum Gasteiger partial charge on any atom is 0.241 e. The summed E-state index contributed by atoms with van der Waals surface area (Å²) in [4.78, 5) is 6.05. The van der Waals surface area contributed by atoms with E-state index in [-0.39, 0.29) is 6.54 Å². The average Bonchev–Trinajstić information content (AvgIpc) is 3.14. The van der Waals surface area contributed by atoms with Crippen LogP contribution in [0.15, 0.2) is 58.5 Å². The molecule has 0 aliphatic carbocycles. The van der Waals surface area contributed by atoms with Crippen LogP contribution in [0.25, 0.3) is 11.3 Å². The molecule has 0 spiro atoms. The Balaban J connectivity index is 1.77. The lowest BCUT2D eigenvalue weighted by molar-refractivity contribution is 0.560. The van der Waals surface area contributed by atoms with Crippen molar-refractivity contribution in [3.8, 4) is 17.3 Å². The molecule has 0 fully saturated rings. The fourth-order valence-corrected chi connectivity index (χ4v) is 4.28. The number of rotatable bonds is 6. The minimum atomic E-state index is -4.10. The second-order valence-corrected chi connectivity index (χ2v) is 9.88. The van der Waals surface area contributed by atoms with Gasteiger partial charge < -0.3 is 4.98 Å². The number of nitrogens with one attached hydrogen (secondary N) is 2. The number of nitriles is 1. The van der Waals surface area contributed by atoms with E-state index in [0.29, 0.717) is 28.7 Å². The van der Waals surface area contributed by atoms with E-state index in [9.17, 15) is 21.2 Å². The molecule has 0 saturated carbocycles. The topological polar surface area (TPSA) is 133 Å². The third-order valence-corrected chi connectivity index (χ3v) is 6.50. The van der Waals surface area contributed by atoms with Crippen LogP contribution in [0, 0.1) is 17.1 Å². The predicted octanol–water partition coefficient (Wildman–Crippen LogP) is 1.97. The van der Waals surface area contributed by atoms with Crippen LogP contribution in [0.5, 0.6) is 0 Å². The summed E-state index contributed by atoms with van der Waals surface area (Å²) in [5.41, 5.74) is 1.78.